The summed E-state index contributed by atoms with van der Waals surface area (Å²) in [5.41, 5.74) is 0.188. The molecule has 0 amide bonds. The van der Waals surface area contributed by atoms with Gasteiger partial charge in [-0.3, -0.25) is 0 Å². The van der Waals surface area contributed by atoms with Gasteiger partial charge in [0, 0.05) is 18.0 Å². The predicted octanol–water partition coefficient (Wildman–Crippen LogP) is 4.05. The lowest BCUT2D eigenvalue weighted by Crippen LogP contribution is -2.35. The van der Waals surface area contributed by atoms with Crippen LogP contribution in [0.1, 0.15) is 37.8 Å². The second kappa shape index (κ2) is 4.21. The summed E-state index contributed by atoms with van der Waals surface area (Å²) in [7, 11) is 0. The Morgan fingerprint density at radius 1 is 1.41 bits per heavy atom. The molecule has 0 bridgehead atoms. The molecule has 0 aromatic heterocycles. The lowest BCUT2D eigenvalue weighted by atomic mass is 9.85. The normalized spacial score (nSPS) is 25.2. The zero-order chi connectivity index (χ0) is 12.7. The average molecular weight is 260 g/mol. The minimum absolute atomic E-state index is 0.0430. The smallest absolute Gasteiger partial charge is 0.272 e. The van der Waals surface area contributed by atoms with Crippen LogP contribution in [0, 0.1) is 0 Å². The number of halogens is 3. The summed E-state index contributed by atoms with van der Waals surface area (Å²) in [6.07, 6.45) is 1.86. The Kier molecular flexibility index (Phi) is 3.17. The van der Waals surface area contributed by atoms with Crippen LogP contribution in [0.5, 0.6) is 0 Å². The molecule has 0 radical (unpaired) electrons. The van der Waals surface area contributed by atoms with Gasteiger partial charge in [-0.15, -0.1) is 0 Å². The predicted molar refractivity (Wildman–Crippen MR) is 65.6 cm³/mol. The van der Waals surface area contributed by atoms with Crippen LogP contribution < -0.4 is 5.32 Å². The first-order chi connectivity index (χ1) is 7.84. The molecule has 94 valence electrons. The van der Waals surface area contributed by atoms with E-state index < -0.39 is 5.92 Å². The minimum atomic E-state index is -2.92. The largest absolute Gasteiger partial charge is 0.308 e. The Balaban J connectivity index is 2.58. The van der Waals surface area contributed by atoms with Crippen LogP contribution in [0.25, 0.3) is 0 Å². The van der Waals surface area contributed by atoms with Gasteiger partial charge in [-0.1, -0.05) is 23.7 Å². The van der Waals surface area contributed by atoms with Gasteiger partial charge < -0.3 is 5.32 Å². The summed E-state index contributed by atoms with van der Waals surface area (Å²) in [5, 5.41) is 3.44. The second-order valence-corrected chi connectivity index (χ2v) is 5.32. The van der Waals surface area contributed by atoms with E-state index in [0.29, 0.717) is 5.56 Å². The maximum atomic E-state index is 13.7. The molecule has 1 aliphatic heterocycles. The Labute approximate surface area is 105 Å². The number of benzene rings is 1. The summed E-state index contributed by atoms with van der Waals surface area (Å²) in [6.45, 7) is 3.72. The van der Waals surface area contributed by atoms with Crippen LogP contribution in [-0.2, 0) is 11.5 Å². The molecule has 1 unspecified atom stereocenters. The lowest BCUT2D eigenvalue weighted by molar-refractivity contribution is 0.0153. The van der Waals surface area contributed by atoms with Gasteiger partial charge in [-0.25, -0.2) is 8.78 Å². The number of hydrogen-bond donors (Lipinski definition) is 1. The van der Waals surface area contributed by atoms with Gasteiger partial charge in [0.15, 0.2) is 0 Å². The maximum Gasteiger partial charge on any atom is 0.272 e. The molecule has 1 aliphatic rings. The molecule has 0 aliphatic carbocycles. The highest BCUT2D eigenvalue weighted by molar-refractivity contribution is 6.31. The van der Waals surface area contributed by atoms with Crippen LogP contribution in [0.2, 0.25) is 5.02 Å². The van der Waals surface area contributed by atoms with Crippen molar-refractivity contribution in [3.8, 4) is 0 Å². The number of alkyl halides is 2. The Morgan fingerprint density at radius 2 is 2.12 bits per heavy atom. The molecule has 1 saturated heterocycles. The van der Waals surface area contributed by atoms with E-state index in [9.17, 15) is 8.78 Å². The Morgan fingerprint density at radius 3 is 2.65 bits per heavy atom. The first-order valence-electron chi connectivity index (χ1n) is 5.77. The highest BCUT2D eigenvalue weighted by Crippen LogP contribution is 2.42. The topological polar surface area (TPSA) is 12.0 Å². The average Bonchev–Trinajstić information content (AvgIpc) is 2.64. The molecule has 0 spiro atoms. The number of rotatable bonds is 2. The van der Waals surface area contributed by atoms with E-state index in [2.05, 4.69) is 5.32 Å². The van der Waals surface area contributed by atoms with E-state index in [1.807, 2.05) is 6.92 Å². The van der Waals surface area contributed by atoms with E-state index in [1.165, 1.54) is 6.07 Å². The van der Waals surface area contributed by atoms with Crippen LogP contribution in [0.15, 0.2) is 18.2 Å². The second-order valence-electron chi connectivity index (χ2n) is 4.91. The van der Waals surface area contributed by atoms with E-state index in [0.717, 1.165) is 26.3 Å². The fourth-order valence-electron chi connectivity index (χ4n) is 2.55. The molecule has 0 saturated carbocycles. The van der Waals surface area contributed by atoms with Crippen LogP contribution in [-0.4, -0.2) is 6.54 Å². The van der Waals surface area contributed by atoms with Gasteiger partial charge in [0.05, 0.1) is 5.02 Å². The molecule has 1 nitrogen and oxygen atoms in total. The van der Waals surface area contributed by atoms with E-state index in [-0.39, 0.29) is 16.1 Å². The molecule has 1 atom stereocenters. The molecular weight excluding hydrogens is 244 g/mol. The quantitative estimate of drug-likeness (QED) is 0.845. The third-order valence-electron chi connectivity index (χ3n) is 3.42. The SMILES string of the molecule is CC(F)(F)c1c(Cl)cccc1C1(C)CCCN1. The van der Waals surface area contributed by atoms with Gasteiger partial charge in [-0.05, 0) is 37.9 Å². The molecule has 1 N–H and O–H groups in total. The van der Waals surface area contributed by atoms with Crippen molar-refractivity contribution in [3.63, 3.8) is 0 Å². The van der Waals surface area contributed by atoms with Gasteiger partial charge in [0.25, 0.3) is 5.92 Å². The molecule has 17 heavy (non-hydrogen) atoms. The van der Waals surface area contributed by atoms with Crippen molar-refractivity contribution in [2.45, 2.75) is 38.2 Å². The zero-order valence-electron chi connectivity index (χ0n) is 9.99. The highest BCUT2D eigenvalue weighted by atomic mass is 35.5. The molecule has 1 heterocycles. The van der Waals surface area contributed by atoms with Crippen molar-refractivity contribution < 1.29 is 8.78 Å². The van der Waals surface area contributed by atoms with Crippen molar-refractivity contribution in [1.82, 2.24) is 5.32 Å². The van der Waals surface area contributed by atoms with Gasteiger partial charge in [-0.2, -0.15) is 0 Å². The fraction of sp³-hybridized carbons (Fsp3) is 0.538. The third kappa shape index (κ3) is 2.31. The lowest BCUT2D eigenvalue weighted by Gasteiger charge is -2.30. The summed E-state index contributed by atoms with van der Waals surface area (Å²) in [4.78, 5) is 0. The minimum Gasteiger partial charge on any atom is -0.308 e. The van der Waals surface area contributed by atoms with Crippen molar-refractivity contribution in [2.24, 2.45) is 0 Å². The first kappa shape index (κ1) is 12.8. The molecule has 2 rings (SSSR count). The van der Waals surface area contributed by atoms with Crippen molar-refractivity contribution in [3.05, 3.63) is 34.3 Å². The maximum absolute atomic E-state index is 13.7. The molecule has 1 aromatic carbocycles. The van der Waals surface area contributed by atoms with Gasteiger partial charge in [0.2, 0.25) is 0 Å². The molecule has 1 aromatic rings. The van der Waals surface area contributed by atoms with Gasteiger partial charge >= 0.3 is 0 Å². The zero-order valence-corrected chi connectivity index (χ0v) is 10.7. The van der Waals surface area contributed by atoms with Crippen molar-refractivity contribution in [2.75, 3.05) is 6.54 Å². The van der Waals surface area contributed by atoms with Crippen molar-refractivity contribution in [1.29, 1.82) is 0 Å². The van der Waals surface area contributed by atoms with E-state index >= 15 is 0 Å². The van der Waals surface area contributed by atoms with E-state index in [4.69, 9.17) is 11.6 Å². The standard InChI is InChI=1S/C13H16ClF2N/c1-12(7-4-8-17-12)9-5-3-6-10(14)11(9)13(2,15)16/h3,5-6,17H,4,7-8H2,1-2H3. The highest BCUT2D eigenvalue weighted by Gasteiger charge is 2.39. The molecular formula is C13H16ClF2N. The summed E-state index contributed by atoms with van der Waals surface area (Å²) in [5.74, 6) is -2.92. The summed E-state index contributed by atoms with van der Waals surface area (Å²) >= 11 is 5.95. The summed E-state index contributed by atoms with van der Waals surface area (Å²) in [6, 6.07) is 5.01. The number of nitrogens with one attached hydrogen (secondary N) is 1. The molecule has 4 heteroatoms. The van der Waals surface area contributed by atoms with Crippen molar-refractivity contribution >= 4 is 11.6 Å². The van der Waals surface area contributed by atoms with Crippen LogP contribution in [0.4, 0.5) is 8.78 Å². The summed E-state index contributed by atoms with van der Waals surface area (Å²) < 4.78 is 27.4. The fourth-order valence-corrected chi connectivity index (χ4v) is 2.90. The number of hydrogen-bond acceptors (Lipinski definition) is 1. The Bertz CT molecular complexity index is 420. The van der Waals surface area contributed by atoms with Crippen LogP contribution in [0.3, 0.4) is 0 Å². The van der Waals surface area contributed by atoms with E-state index in [1.54, 1.807) is 12.1 Å². The van der Waals surface area contributed by atoms with Crippen LogP contribution >= 0.6 is 11.6 Å². The third-order valence-corrected chi connectivity index (χ3v) is 3.73. The van der Waals surface area contributed by atoms with Gasteiger partial charge in [0.1, 0.15) is 0 Å². The molecule has 1 fully saturated rings. The monoisotopic (exact) mass is 259 g/mol. The first-order valence-corrected chi connectivity index (χ1v) is 6.15. The Hall–Kier alpha value is -0.670.